The first-order valence-electron chi connectivity index (χ1n) is 5.07. The molecule has 92 valence electrons. The molecule has 0 atom stereocenters. The van der Waals surface area contributed by atoms with Crippen LogP contribution in [0.4, 0.5) is 5.82 Å². The molecule has 0 spiro atoms. The molecular formula is C10H12N2O4S. The van der Waals surface area contributed by atoms with Crippen LogP contribution in [0.2, 0.25) is 0 Å². The Bertz CT molecular complexity index is 537. The molecule has 1 aromatic heterocycles. The lowest BCUT2D eigenvalue weighted by molar-refractivity contribution is 0.111. The number of carbonyl (C=O) groups excluding carboxylic acids is 1. The van der Waals surface area contributed by atoms with E-state index in [1.165, 1.54) is 12.3 Å². The fourth-order valence-corrected chi connectivity index (χ4v) is 1.74. The second-order valence-corrected chi connectivity index (χ2v) is 5.67. The number of anilines is 1. The Hall–Kier alpha value is -1.63. The molecule has 17 heavy (non-hydrogen) atoms. The number of nitrogens with zero attached hydrogens (tertiary/aromatic N) is 1. The van der Waals surface area contributed by atoms with Crippen molar-refractivity contribution in [2.45, 2.75) is 18.9 Å². The quantitative estimate of drug-likeness (QED) is 0.788. The van der Waals surface area contributed by atoms with E-state index in [1.54, 1.807) is 0 Å². The van der Waals surface area contributed by atoms with Crippen molar-refractivity contribution in [2.75, 3.05) is 11.0 Å². The van der Waals surface area contributed by atoms with Crippen LogP contribution in [-0.4, -0.2) is 32.0 Å². The second kappa shape index (κ2) is 4.33. The third-order valence-electron chi connectivity index (χ3n) is 2.13. The molecule has 1 saturated carbocycles. The highest BCUT2D eigenvalue weighted by atomic mass is 32.2. The van der Waals surface area contributed by atoms with Gasteiger partial charge in [-0.15, -0.1) is 0 Å². The van der Waals surface area contributed by atoms with Gasteiger partial charge in [-0.3, -0.25) is 9.52 Å². The van der Waals surface area contributed by atoms with Gasteiger partial charge in [0.2, 0.25) is 10.0 Å². The maximum absolute atomic E-state index is 11.0. The molecule has 6 nitrogen and oxygen atoms in total. The van der Waals surface area contributed by atoms with Crippen LogP contribution < -0.4 is 9.46 Å². The van der Waals surface area contributed by atoms with E-state index in [2.05, 4.69) is 9.71 Å². The normalized spacial score (nSPS) is 15.4. The maximum atomic E-state index is 11.0. The lowest BCUT2D eigenvalue weighted by atomic mass is 10.3. The maximum Gasteiger partial charge on any atom is 0.230 e. The molecule has 1 aliphatic carbocycles. The van der Waals surface area contributed by atoms with Gasteiger partial charge in [0.15, 0.2) is 6.29 Å². The molecule has 1 heterocycles. The number of aldehydes is 1. The van der Waals surface area contributed by atoms with Gasteiger partial charge in [0.1, 0.15) is 11.6 Å². The molecule has 0 aromatic carbocycles. The SMILES string of the molecule is CS(=O)(=O)Nc1cc(OC2CC2)c(C=O)cn1. The number of rotatable bonds is 5. The second-order valence-electron chi connectivity index (χ2n) is 3.92. The molecule has 2 rings (SSSR count). The van der Waals surface area contributed by atoms with E-state index in [0.717, 1.165) is 19.1 Å². The summed E-state index contributed by atoms with van der Waals surface area (Å²) in [4.78, 5) is 14.6. The summed E-state index contributed by atoms with van der Waals surface area (Å²) in [7, 11) is -3.38. The minimum atomic E-state index is -3.38. The number of pyridine rings is 1. The third-order valence-corrected chi connectivity index (χ3v) is 2.71. The van der Waals surface area contributed by atoms with E-state index in [9.17, 15) is 13.2 Å². The summed E-state index contributed by atoms with van der Waals surface area (Å²) in [5.74, 6) is 0.511. The van der Waals surface area contributed by atoms with Gasteiger partial charge >= 0.3 is 0 Å². The van der Waals surface area contributed by atoms with Crippen LogP contribution in [0.25, 0.3) is 0 Å². The van der Waals surface area contributed by atoms with E-state index in [4.69, 9.17) is 4.74 Å². The van der Waals surface area contributed by atoms with E-state index < -0.39 is 10.0 Å². The molecule has 7 heteroatoms. The van der Waals surface area contributed by atoms with Gasteiger partial charge in [-0.05, 0) is 12.8 Å². The van der Waals surface area contributed by atoms with E-state index in [0.29, 0.717) is 17.6 Å². The summed E-state index contributed by atoms with van der Waals surface area (Å²) in [5, 5.41) is 0. The smallest absolute Gasteiger partial charge is 0.230 e. The first-order chi connectivity index (χ1) is 7.98. The molecule has 0 amide bonds. The Kier molecular flexibility index (Phi) is 3.01. The summed E-state index contributed by atoms with van der Waals surface area (Å²) in [5.41, 5.74) is 0.316. The number of nitrogens with one attached hydrogen (secondary N) is 1. The van der Waals surface area contributed by atoms with Gasteiger partial charge in [0, 0.05) is 12.3 Å². The van der Waals surface area contributed by atoms with Gasteiger partial charge in [-0.25, -0.2) is 13.4 Å². The molecule has 0 saturated heterocycles. The van der Waals surface area contributed by atoms with Crippen molar-refractivity contribution in [1.82, 2.24) is 4.98 Å². The molecule has 0 radical (unpaired) electrons. The third kappa shape index (κ3) is 3.42. The van der Waals surface area contributed by atoms with E-state index in [-0.39, 0.29) is 11.9 Å². The van der Waals surface area contributed by atoms with Crippen molar-refractivity contribution in [2.24, 2.45) is 0 Å². The lowest BCUT2D eigenvalue weighted by Crippen LogP contribution is -2.11. The topological polar surface area (TPSA) is 85.4 Å². The number of hydrogen-bond acceptors (Lipinski definition) is 5. The Morgan fingerprint density at radius 2 is 2.24 bits per heavy atom. The van der Waals surface area contributed by atoms with E-state index in [1.807, 2.05) is 0 Å². The van der Waals surface area contributed by atoms with Crippen LogP contribution in [-0.2, 0) is 10.0 Å². The minimum absolute atomic E-state index is 0.127. The predicted octanol–water partition coefficient (Wildman–Crippen LogP) is 0.807. The zero-order chi connectivity index (χ0) is 12.5. The zero-order valence-electron chi connectivity index (χ0n) is 9.21. The van der Waals surface area contributed by atoms with Crippen LogP contribution in [0.3, 0.4) is 0 Å². The number of ether oxygens (including phenoxy) is 1. The van der Waals surface area contributed by atoms with Crippen LogP contribution in [0.15, 0.2) is 12.3 Å². The highest BCUT2D eigenvalue weighted by molar-refractivity contribution is 7.92. The number of sulfonamides is 1. The molecule has 1 N–H and O–H groups in total. The molecule has 1 aromatic rings. The van der Waals surface area contributed by atoms with Crippen molar-refractivity contribution >= 4 is 22.1 Å². The first kappa shape index (κ1) is 11.8. The molecule has 0 unspecified atom stereocenters. The highest BCUT2D eigenvalue weighted by Crippen LogP contribution is 2.29. The summed E-state index contributed by atoms with van der Waals surface area (Å²) in [6, 6.07) is 1.42. The van der Waals surface area contributed by atoms with Crippen LogP contribution in [0, 0.1) is 0 Å². The molecule has 0 bridgehead atoms. The minimum Gasteiger partial charge on any atom is -0.489 e. The van der Waals surface area contributed by atoms with Crippen molar-refractivity contribution in [1.29, 1.82) is 0 Å². The van der Waals surface area contributed by atoms with Gasteiger partial charge < -0.3 is 4.74 Å². The first-order valence-corrected chi connectivity index (χ1v) is 6.97. The monoisotopic (exact) mass is 256 g/mol. The Balaban J connectivity index is 2.26. The Morgan fingerprint density at radius 1 is 1.53 bits per heavy atom. The standard InChI is InChI=1S/C10H12N2O4S/c1-17(14,15)12-10-4-9(16-8-2-3-8)7(6-13)5-11-10/h4-6,8H,2-3H2,1H3,(H,11,12). The molecule has 1 fully saturated rings. The summed E-state index contributed by atoms with van der Waals surface area (Å²) >= 11 is 0. The van der Waals surface area contributed by atoms with Gasteiger partial charge in [-0.1, -0.05) is 0 Å². The predicted molar refractivity (Wildman–Crippen MR) is 61.7 cm³/mol. The fraction of sp³-hybridized carbons (Fsp3) is 0.400. The van der Waals surface area contributed by atoms with Crippen molar-refractivity contribution in [3.8, 4) is 5.75 Å². The van der Waals surface area contributed by atoms with Crippen molar-refractivity contribution in [3.05, 3.63) is 17.8 Å². The van der Waals surface area contributed by atoms with Crippen LogP contribution >= 0.6 is 0 Å². The fourth-order valence-electron chi connectivity index (χ4n) is 1.25. The summed E-state index contributed by atoms with van der Waals surface area (Å²) in [6.45, 7) is 0. The molecule has 1 aliphatic rings. The Morgan fingerprint density at radius 3 is 2.76 bits per heavy atom. The number of hydrogen-bond donors (Lipinski definition) is 1. The Labute approximate surface area is 99.1 Å². The van der Waals surface area contributed by atoms with Crippen molar-refractivity contribution in [3.63, 3.8) is 0 Å². The van der Waals surface area contributed by atoms with Crippen molar-refractivity contribution < 1.29 is 17.9 Å². The highest BCUT2D eigenvalue weighted by Gasteiger charge is 2.25. The molecular weight excluding hydrogens is 244 g/mol. The van der Waals surface area contributed by atoms with Gasteiger partial charge in [0.05, 0.1) is 17.9 Å². The van der Waals surface area contributed by atoms with Gasteiger partial charge in [-0.2, -0.15) is 0 Å². The number of carbonyl (C=O) groups is 1. The molecule has 0 aliphatic heterocycles. The van der Waals surface area contributed by atoms with E-state index >= 15 is 0 Å². The average molecular weight is 256 g/mol. The van der Waals surface area contributed by atoms with Crippen LogP contribution in [0.5, 0.6) is 5.75 Å². The number of aromatic nitrogens is 1. The average Bonchev–Trinajstić information content (AvgIpc) is 3.00. The lowest BCUT2D eigenvalue weighted by Gasteiger charge is -2.09. The zero-order valence-corrected chi connectivity index (χ0v) is 10.0. The summed E-state index contributed by atoms with van der Waals surface area (Å²) in [6.07, 6.45) is 4.99. The largest absolute Gasteiger partial charge is 0.489 e. The van der Waals surface area contributed by atoms with Gasteiger partial charge in [0.25, 0.3) is 0 Å². The van der Waals surface area contributed by atoms with Crippen LogP contribution in [0.1, 0.15) is 23.2 Å². The summed E-state index contributed by atoms with van der Waals surface area (Å²) < 4.78 is 29.8.